The summed E-state index contributed by atoms with van der Waals surface area (Å²) in [5.74, 6) is 0.130. The summed E-state index contributed by atoms with van der Waals surface area (Å²) in [5.41, 5.74) is 1.82. The molecule has 0 aliphatic rings. The van der Waals surface area contributed by atoms with Gasteiger partial charge < -0.3 is 14.8 Å². The first-order chi connectivity index (χ1) is 13.4. The first kappa shape index (κ1) is 21.2. The van der Waals surface area contributed by atoms with Crippen LogP contribution in [0.1, 0.15) is 36.2 Å². The van der Waals surface area contributed by atoms with E-state index in [9.17, 15) is 14.4 Å². The van der Waals surface area contributed by atoms with Crippen molar-refractivity contribution in [2.75, 3.05) is 19.0 Å². The van der Waals surface area contributed by atoms with Gasteiger partial charge in [0.2, 0.25) is 5.91 Å². The Balaban J connectivity index is 1.81. The lowest BCUT2D eigenvalue weighted by Crippen LogP contribution is -2.16. The van der Waals surface area contributed by atoms with Crippen molar-refractivity contribution in [1.29, 1.82) is 0 Å². The topological polar surface area (TPSA) is 81.7 Å². The van der Waals surface area contributed by atoms with Gasteiger partial charge in [-0.15, -0.1) is 0 Å². The molecule has 0 fully saturated rings. The summed E-state index contributed by atoms with van der Waals surface area (Å²) >= 11 is 0. The lowest BCUT2D eigenvalue weighted by molar-refractivity contribution is -0.141. The van der Waals surface area contributed by atoms with Gasteiger partial charge in [-0.25, -0.2) is 0 Å². The van der Waals surface area contributed by atoms with Crippen LogP contribution in [0.2, 0.25) is 0 Å². The van der Waals surface area contributed by atoms with Crippen LogP contribution in [0.3, 0.4) is 0 Å². The van der Waals surface area contributed by atoms with Crippen molar-refractivity contribution in [3.63, 3.8) is 0 Å². The zero-order chi connectivity index (χ0) is 20.5. The number of hydrogen-bond donors (Lipinski definition) is 1. The van der Waals surface area contributed by atoms with Gasteiger partial charge in [-0.1, -0.05) is 26.0 Å². The molecule has 2 aromatic rings. The van der Waals surface area contributed by atoms with E-state index in [0.29, 0.717) is 23.4 Å². The highest BCUT2D eigenvalue weighted by Gasteiger charge is 2.12. The van der Waals surface area contributed by atoms with Crippen molar-refractivity contribution in [2.24, 2.45) is 5.92 Å². The third-order valence-corrected chi connectivity index (χ3v) is 3.96. The van der Waals surface area contributed by atoms with Crippen molar-refractivity contribution in [2.45, 2.75) is 26.7 Å². The molecule has 0 radical (unpaired) electrons. The number of Topliss-reactive ketones (excluding diaryl/α,β-unsaturated/α-hetero) is 1. The summed E-state index contributed by atoms with van der Waals surface area (Å²) in [7, 11) is 1.57. The van der Waals surface area contributed by atoms with Crippen LogP contribution < -0.4 is 10.1 Å². The van der Waals surface area contributed by atoms with Crippen LogP contribution in [0.5, 0.6) is 5.75 Å². The van der Waals surface area contributed by atoms with Gasteiger partial charge in [-0.3, -0.25) is 14.4 Å². The first-order valence-corrected chi connectivity index (χ1v) is 9.09. The maximum atomic E-state index is 12.2. The van der Waals surface area contributed by atoms with Crippen LogP contribution in [0.4, 0.5) is 5.69 Å². The predicted octanol–water partition coefficient (Wildman–Crippen LogP) is 3.65. The number of ketones is 1. The number of methoxy groups -OCH3 is 1. The van der Waals surface area contributed by atoms with Crippen LogP contribution in [-0.4, -0.2) is 31.4 Å². The monoisotopic (exact) mass is 383 g/mol. The number of esters is 1. The highest BCUT2D eigenvalue weighted by Crippen LogP contribution is 2.13. The molecule has 0 bridgehead atoms. The molecular weight excluding hydrogens is 358 g/mol. The average Bonchev–Trinajstić information content (AvgIpc) is 2.66. The summed E-state index contributed by atoms with van der Waals surface area (Å²) in [6.45, 7) is 3.61. The lowest BCUT2D eigenvalue weighted by atomic mass is 10.1. The maximum absolute atomic E-state index is 12.2. The quantitative estimate of drug-likeness (QED) is 0.528. The molecule has 1 amide bonds. The van der Waals surface area contributed by atoms with Gasteiger partial charge in [-0.2, -0.15) is 0 Å². The first-order valence-electron chi connectivity index (χ1n) is 9.09. The number of anilines is 1. The van der Waals surface area contributed by atoms with Gasteiger partial charge in [0, 0.05) is 17.7 Å². The van der Waals surface area contributed by atoms with Crippen LogP contribution in [0, 0.1) is 5.92 Å². The van der Waals surface area contributed by atoms with Crippen LogP contribution in [0.15, 0.2) is 48.5 Å². The number of hydrogen-bond acceptors (Lipinski definition) is 5. The highest BCUT2D eigenvalue weighted by molar-refractivity contribution is 5.99. The van der Waals surface area contributed by atoms with Gasteiger partial charge in [0.1, 0.15) is 5.75 Å². The minimum absolute atomic E-state index is 0.0680. The summed E-state index contributed by atoms with van der Waals surface area (Å²) < 4.78 is 10.1. The Bertz CT molecular complexity index is 810. The molecule has 1 N–H and O–H groups in total. The molecule has 0 saturated heterocycles. The van der Waals surface area contributed by atoms with E-state index in [2.05, 4.69) is 5.32 Å². The summed E-state index contributed by atoms with van der Waals surface area (Å²) in [6.07, 6.45) is 0.517. The Labute approximate surface area is 164 Å². The van der Waals surface area contributed by atoms with Crippen molar-refractivity contribution >= 4 is 23.3 Å². The fraction of sp³-hybridized carbons (Fsp3) is 0.318. The molecule has 0 spiro atoms. The second kappa shape index (κ2) is 10.3. The second-order valence-electron chi connectivity index (χ2n) is 6.83. The van der Waals surface area contributed by atoms with E-state index >= 15 is 0 Å². The predicted molar refractivity (Wildman–Crippen MR) is 107 cm³/mol. The Kier molecular flexibility index (Phi) is 7.75. The molecule has 148 valence electrons. The van der Waals surface area contributed by atoms with Gasteiger partial charge >= 0.3 is 5.97 Å². The van der Waals surface area contributed by atoms with Gasteiger partial charge in [0.05, 0.1) is 13.5 Å². The van der Waals surface area contributed by atoms with E-state index in [1.807, 2.05) is 13.8 Å². The Morgan fingerprint density at radius 2 is 1.61 bits per heavy atom. The van der Waals surface area contributed by atoms with Gasteiger partial charge in [0.25, 0.3) is 0 Å². The zero-order valence-electron chi connectivity index (χ0n) is 16.4. The van der Waals surface area contributed by atoms with E-state index in [1.165, 1.54) is 0 Å². The molecule has 0 unspecified atom stereocenters. The van der Waals surface area contributed by atoms with E-state index in [-0.39, 0.29) is 30.6 Å². The molecule has 0 atom stereocenters. The van der Waals surface area contributed by atoms with Crippen molar-refractivity contribution in [1.82, 2.24) is 0 Å². The van der Waals surface area contributed by atoms with Crippen LogP contribution >= 0.6 is 0 Å². The molecule has 6 nitrogen and oxygen atoms in total. The summed E-state index contributed by atoms with van der Waals surface area (Å²) in [6, 6.07) is 13.6. The second-order valence-corrected chi connectivity index (χ2v) is 6.83. The fourth-order valence-corrected chi connectivity index (χ4v) is 2.51. The van der Waals surface area contributed by atoms with Crippen LogP contribution in [0.25, 0.3) is 0 Å². The average molecular weight is 383 g/mol. The SMILES string of the molecule is COc1ccc(CC(=O)OCC(=O)c2ccc(NC(=O)CC(C)C)cc2)cc1. The minimum Gasteiger partial charge on any atom is -0.497 e. The molecule has 0 aliphatic carbocycles. The molecule has 6 heteroatoms. The van der Waals surface area contributed by atoms with E-state index in [4.69, 9.17) is 9.47 Å². The molecule has 28 heavy (non-hydrogen) atoms. The minimum atomic E-state index is -0.476. The van der Waals surface area contributed by atoms with Crippen molar-refractivity contribution < 1.29 is 23.9 Å². The number of ether oxygens (including phenoxy) is 2. The Hall–Kier alpha value is -3.15. The molecule has 0 heterocycles. The highest BCUT2D eigenvalue weighted by atomic mass is 16.5. The number of carbonyl (C=O) groups is 3. The molecule has 0 aromatic heterocycles. The number of rotatable bonds is 9. The molecule has 2 rings (SSSR count). The van der Waals surface area contributed by atoms with Crippen molar-refractivity contribution in [3.05, 3.63) is 59.7 Å². The largest absolute Gasteiger partial charge is 0.497 e. The summed E-state index contributed by atoms with van der Waals surface area (Å²) in [4.78, 5) is 35.9. The normalized spacial score (nSPS) is 10.4. The lowest BCUT2D eigenvalue weighted by Gasteiger charge is -2.08. The van der Waals surface area contributed by atoms with E-state index in [0.717, 1.165) is 5.56 Å². The van der Waals surface area contributed by atoms with Gasteiger partial charge in [0.15, 0.2) is 12.4 Å². The Morgan fingerprint density at radius 3 is 2.18 bits per heavy atom. The third-order valence-electron chi connectivity index (χ3n) is 3.96. The molecule has 0 aliphatic heterocycles. The number of amides is 1. The number of benzene rings is 2. The zero-order valence-corrected chi connectivity index (χ0v) is 16.4. The van der Waals surface area contributed by atoms with E-state index < -0.39 is 5.97 Å². The van der Waals surface area contributed by atoms with Crippen LogP contribution in [-0.2, 0) is 20.7 Å². The molecule has 2 aromatic carbocycles. The fourth-order valence-electron chi connectivity index (χ4n) is 2.51. The maximum Gasteiger partial charge on any atom is 0.310 e. The number of carbonyl (C=O) groups excluding carboxylic acids is 3. The van der Waals surface area contributed by atoms with Crippen molar-refractivity contribution in [3.8, 4) is 5.75 Å². The standard InChI is InChI=1S/C22H25NO5/c1-15(2)12-21(25)23-18-8-6-17(7-9-18)20(24)14-28-22(26)13-16-4-10-19(27-3)11-5-16/h4-11,15H,12-14H2,1-3H3,(H,23,25). The van der Waals surface area contributed by atoms with Gasteiger partial charge in [-0.05, 0) is 47.9 Å². The van der Waals surface area contributed by atoms with E-state index in [1.54, 1.807) is 55.6 Å². The smallest absolute Gasteiger partial charge is 0.310 e. The molecular formula is C22H25NO5. The third kappa shape index (κ3) is 6.87. The molecule has 0 saturated carbocycles. The number of nitrogens with one attached hydrogen (secondary N) is 1. The summed E-state index contributed by atoms with van der Waals surface area (Å²) in [5, 5.41) is 2.78. The Morgan fingerprint density at radius 1 is 0.964 bits per heavy atom.